The van der Waals surface area contributed by atoms with E-state index in [-0.39, 0.29) is 11.9 Å². The minimum absolute atomic E-state index is 0.126. The number of hydrogen-bond donors (Lipinski definition) is 1. The summed E-state index contributed by atoms with van der Waals surface area (Å²) in [5.74, 6) is -0.343. The Balaban J connectivity index is 2.48. The van der Waals surface area contributed by atoms with Crippen LogP contribution in [0.25, 0.3) is 0 Å². The topological polar surface area (TPSA) is 24.9 Å². The molecular formula is C13H11ClFIN2. The zero-order valence-electron chi connectivity index (χ0n) is 9.62. The lowest BCUT2D eigenvalue weighted by Gasteiger charge is -2.18. The molecule has 94 valence electrons. The summed E-state index contributed by atoms with van der Waals surface area (Å²) in [4.78, 5) is 3.88. The van der Waals surface area contributed by atoms with Crippen molar-refractivity contribution in [3.8, 4) is 0 Å². The van der Waals surface area contributed by atoms with Crippen LogP contribution < -0.4 is 5.32 Å². The van der Waals surface area contributed by atoms with Gasteiger partial charge < -0.3 is 5.32 Å². The van der Waals surface area contributed by atoms with Crippen LogP contribution in [0.1, 0.15) is 17.2 Å². The highest BCUT2D eigenvalue weighted by molar-refractivity contribution is 14.1. The Kier molecular flexibility index (Phi) is 4.53. The van der Waals surface area contributed by atoms with E-state index in [1.165, 1.54) is 12.3 Å². The van der Waals surface area contributed by atoms with Crippen molar-refractivity contribution in [2.75, 3.05) is 7.05 Å². The lowest BCUT2D eigenvalue weighted by Crippen LogP contribution is -2.19. The van der Waals surface area contributed by atoms with E-state index in [2.05, 4.69) is 32.9 Å². The van der Waals surface area contributed by atoms with E-state index in [0.29, 0.717) is 5.02 Å². The van der Waals surface area contributed by atoms with E-state index in [9.17, 15) is 4.39 Å². The third-order valence-electron chi connectivity index (χ3n) is 2.62. The Hall–Kier alpha value is -0.720. The van der Waals surface area contributed by atoms with Crippen molar-refractivity contribution in [2.24, 2.45) is 0 Å². The highest BCUT2D eigenvalue weighted by Crippen LogP contribution is 2.28. The zero-order chi connectivity index (χ0) is 13.1. The van der Waals surface area contributed by atoms with Crippen molar-refractivity contribution < 1.29 is 4.39 Å². The van der Waals surface area contributed by atoms with Gasteiger partial charge in [0.15, 0.2) is 0 Å². The molecule has 1 N–H and O–H groups in total. The fourth-order valence-electron chi connectivity index (χ4n) is 1.82. The van der Waals surface area contributed by atoms with E-state index in [1.807, 2.05) is 25.2 Å². The van der Waals surface area contributed by atoms with Gasteiger partial charge in [-0.3, -0.25) is 4.98 Å². The van der Waals surface area contributed by atoms with Gasteiger partial charge in [0, 0.05) is 14.8 Å². The summed E-state index contributed by atoms with van der Waals surface area (Å²) in [6, 6.07) is 7.01. The Morgan fingerprint density at radius 2 is 2.11 bits per heavy atom. The highest BCUT2D eigenvalue weighted by atomic mass is 127. The third-order valence-corrected chi connectivity index (χ3v) is 3.83. The fraction of sp³-hybridized carbons (Fsp3) is 0.154. The number of nitrogens with zero attached hydrogens (tertiary/aromatic N) is 1. The van der Waals surface area contributed by atoms with Crippen LogP contribution in [0.15, 0.2) is 36.7 Å². The molecule has 2 nitrogen and oxygen atoms in total. The maximum atomic E-state index is 13.2. The molecule has 2 rings (SSSR count). The second-order valence-electron chi connectivity index (χ2n) is 3.82. The first kappa shape index (κ1) is 13.7. The predicted octanol–water partition coefficient (Wildman–Crippen LogP) is 3.79. The molecule has 18 heavy (non-hydrogen) atoms. The summed E-state index contributed by atoms with van der Waals surface area (Å²) in [5.41, 5.74) is 1.79. The molecule has 0 spiro atoms. The summed E-state index contributed by atoms with van der Waals surface area (Å²) in [6.07, 6.45) is 2.85. The van der Waals surface area contributed by atoms with Gasteiger partial charge in [-0.2, -0.15) is 0 Å². The number of pyridine rings is 1. The van der Waals surface area contributed by atoms with E-state index in [1.54, 1.807) is 6.20 Å². The molecule has 0 aliphatic heterocycles. The molecule has 0 radical (unpaired) electrons. The lowest BCUT2D eigenvalue weighted by molar-refractivity contribution is 0.608. The molecule has 1 aromatic carbocycles. The molecule has 1 heterocycles. The molecule has 0 amide bonds. The first-order valence-electron chi connectivity index (χ1n) is 5.34. The minimum atomic E-state index is -0.343. The summed E-state index contributed by atoms with van der Waals surface area (Å²) in [7, 11) is 1.83. The Labute approximate surface area is 124 Å². The Morgan fingerprint density at radius 3 is 2.78 bits per heavy atom. The van der Waals surface area contributed by atoms with Gasteiger partial charge in [0.1, 0.15) is 5.82 Å². The van der Waals surface area contributed by atoms with Crippen LogP contribution in [0.4, 0.5) is 4.39 Å². The fourth-order valence-corrected chi connectivity index (χ4v) is 2.65. The SMILES string of the molecule is CNC(c1cncc(F)c1)c1cc(Cl)ccc1I. The van der Waals surface area contributed by atoms with Crippen LogP contribution in [-0.2, 0) is 0 Å². The highest BCUT2D eigenvalue weighted by Gasteiger charge is 2.16. The van der Waals surface area contributed by atoms with Crippen molar-refractivity contribution in [3.05, 3.63) is 62.2 Å². The van der Waals surface area contributed by atoms with Crippen molar-refractivity contribution in [2.45, 2.75) is 6.04 Å². The van der Waals surface area contributed by atoms with Gasteiger partial charge in [-0.25, -0.2) is 4.39 Å². The van der Waals surface area contributed by atoms with Gasteiger partial charge in [-0.1, -0.05) is 11.6 Å². The smallest absolute Gasteiger partial charge is 0.141 e. The maximum Gasteiger partial charge on any atom is 0.141 e. The molecule has 0 saturated carbocycles. The Morgan fingerprint density at radius 1 is 1.33 bits per heavy atom. The van der Waals surface area contributed by atoms with Crippen molar-refractivity contribution in [1.29, 1.82) is 0 Å². The molecule has 0 aliphatic rings. The van der Waals surface area contributed by atoms with Crippen LogP contribution in [0, 0.1) is 9.39 Å². The van der Waals surface area contributed by atoms with Crippen LogP contribution in [0.3, 0.4) is 0 Å². The molecule has 0 aliphatic carbocycles. The second-order valence-corrected chi connectivity index (χ2v) is 5.42. The number of nitrogens with one attached hydrogen (secondary N) is 1. The van der Waals surface area contributed by atoms with E-state index in [0.717, 1.165) is 14.7 Å². The molecule has 5 heteroatoms. The molecule has 0 saturated heterocycles. The minimum Gasteiger partial charge on any atom is -0.309 e. The largest absolute Gasteiger partial charge is 0.309 e. The molecular weight excluding hydrogens is 366 g/mol. The monoisotopic (exact) mass is 376 g/mol. The second kappa shape index (κ2) is 5.95. The van der Waals surface area contributed by atoms with E-state index < -0.39 is 0 Å². The standard InChI is InChI=1S/C13H11ClFIN2/c1-17-13(8-4-10(15)7-18-6-8)11-5-9(14)2-3-12(11)16/h2-7,13,17H,1H3. The lowest BCUT2D eigenvalue weighted by atomic mass is 10.0. The average Bonchev–Trinajstić information content (AvgIpc) is 2.35. The third kappa shape index (κ3) is 2.99. The first-order chi connectivity index (χ1) is 8.61. The van der Waals surface area contributed by atoms with Crippen LogP contribution in [0.5, 0.6) is 0 Å². The molecule has 1 atom stereocenters. The predicted molar refractivity (Wildman–Crippen MR) is 79.3 cm³/mol. The van der Waals surface area contributed by atoms with Gasteiger partial charge in [0.05, 0.1) is 12.2 Å². The first-order valence-corrected chi connectivity index (χ1v) is 6.80. The van der Waals surface area contributed by atoms with Gasteiger partial charge >= 0.3 is 0 Å². The number of hydrogen-bond acceptors (Lipinski definition) is 2. The van der Waals surface area contributed by atoms with Crippen LogP contribution in [0.2, 0.25) is 5.02 Å². The quantitative estimate of drug-likeness (QED) is 0.825. The summed E-state index contributed by atoms with van der Waals surface area (Å²) >= 11 is 8.25. The maximum absolute atomic E-state index is 13.2. The summed E-state index contributed by atoms with van der Waals surface area (Å²) in [5, 5.41) is 3.82. The van der Waals surface area contributed by atoms with Gasteiger partial charge in [-0.05, 0) is 65.0 Å². The van der Waals surface area contributed by atoms with Crippen molar-refractivity contribution in [1.82, 2.24) is 10.3 Å². The van der Waals surface area contributed by atoms with Crippen LogP contribution in [-0.4, -0.2) is 12.0 Å². The molecule has 1 aromatic heterocycles. The number of aromatic nitrogens is 1. The van der Waals surface area contributed by atoms with Gasteiger partial charge in [0.2, 0.25) is 0 Å². The van der Waals surface area contributed by atoms with Gasteiger partial charge in [0.25, 0.3) is 0 Å². The molecule has 0 fully saturated rings. The van der Waals surface area contributed by atoms with Gasteiger partial charge in [-0.15, -0.1) is 0 Å². The van der Waals surface area contributed by atoms with E-state index >= 15 is 0 Å². The van der Waals surface area contributed by atoms with Crippen LogP contribution >= 0.6 is 34.2 Å². The Bertz CT molecular complexity index is 562. The van der Waals surface area contributed by atoms with Crippen molar-refractivity contribution >= 4 is 34.2 Å². The number of rotatable bonds is 3. The van der Waals surface area contributed by atoms with Crippen molar-refractivity contribution in [3.63, 3.8) is 0 Å². The zero-order valence-corrected chi connectivity index (χ0v) is 12.5. The summed E-state index contributed by atoms with van der Waals surface area (Å²) < 4.78 is 14.3. The average molecular weight is 377 g/mol. The molecule has 0 bridgehead atoms. The number of benzene rings is 1. The number of halogens is 3. The molecule has 1 unspecified atom stereocenters. The molecule has 2 aromatic rings. The normalized spacial score (nSPS) is 12.4. The van der Waals surface area contributed by atoms with E-state index in [4.69, 9.17) is 11.6 Å². The summed E-state index contributed by atoms with van der Waals surface area (Å²) in [6.45, 7) is 0.